The van der Waals surface area contributed by atoms with Crippen molar-refractivity contribution in [1.82, 2.24) is 5.32 Å². The van der Waals surface area contributed by atoms with Gasteiger partial charge in [0.1, 0.15) is 0 Å². The topological polar surface area (TPSA) is 62.1 Å². The highest BCUT2D eigenvalue weighted by atomic mass is 16.5. The Morgan fingerprint density at radius 3 is 2.64 bits per heavy atom. The summed E-state index contributed by atoms with van der Waals surface area (Å²) in [7, 11) is 0. The quantitative estimate of drug-likeness (QED) is 0.735. The number of alkyl carbamates (subject to hydrolysis) is 1. The van der Waals surface area contributed by atoms with Gasteiger partial charge in [0.25, 0.3) is 0 Å². The zero-order chi connectivity index (χ0) is 11.0. The second-order valence-corrected chi connectivity index (χ2v) is 3.60. The van der Waals surface area contributed by atoms with Crippen LogP contribution in [0.3, 0.4) is 0 Å². The largest absolute Gasteiger partial charge is 0.449 e. The SMILES string of the molecule is CCC(CC#N)NC(=O)OCC(C)C. The number of amides is 1. The minimum absolute atomic E-state index is 0.0975. The monoisotopic (exact) mass is 198 g/mol. The van der Waals surface area contributed by atoms with Crippen LogP contribution in [0.15, 0.2) is 0 Å². The summed E-state index contributed by atoms with van der Waals surface area (Å²) >= 11 is 0. The van der Waals surface area contributed by atoms with Gasteiger partial charge in [-0.2, -0.15) is 5.26 Å². The molecule has 0 fully saturated rings. The maximum Gasteiger partial charge on any atom is 0.407 e. The van der Waals surface area contributed by atoms with Gasteiger partial charge >= 0.3 is 6.09 Å². The van der Waals surface area contributed by atoms with Crippen LogP contribution in [0.5, 0.6) is 0 Å². The molecule has 0 heterocycles. The molecule has 0 aromatic carbocycles. The van der Waals surface area contributed by atoms with Gasteiger partial charge in [-0.3, -0.25) is 0 Å². The van der Waals surface area contributed by atoms with E-state index in [-0.39, 0.29) is 6.04 Å². The minimum Gasteiger partial charge on any atom is -0.449 e. The second kappa shape index (κ2) is 7.19. The molecule has 80 valence electrons. The molecule has 0 aromatic heterocycles. The van der Waals surface area contributed by atoms with Crippen LogP contribution in [0.2, 0.25) is 0 Å². The lowest BCUT2D eigenvalue weighted by atomic mass is 10.2. The van der Waals surface area contributed by atoms with Crippen molar-refractivity contribution in [1.29, 1.82) is 5.26 Å². The van der Waals surface area contributed by atoms with Crippen LogP contribution >= 0.6 is 0 Å². The van der Waals surface area contributed by atoms with Crippen LogP contribution in [-0.2, 0) is 4.74 Å². The van der Waals surface area contributed by atoms with E-state index in [1.807, 2.05) is 26.8 Å². The van der Waals surface area contributed by atoms with Gasteiger partial charge < -0.3 is 10.1 Å². The van der Waals surface area contributed by atoms with Crippen molar-refractivity contribution in [2.45, 2.75) is 39.7 Å². The van der Waals surface area contributed by atoms with Crippen molar-refractivity contribution in [3.8, 4) is 6.07 Å². The Bertz CT molecular complexity index is 209. The summed E-state index contributed by atoms with van der Waals surface area (Å²) < 4.78 is 4.92. The maximum atomic E-state index is 11.1. The fourth-order valence-electron chi connectivity index (χ4n) is 0.858. The number of nitriles is 1. The Morgan fingerprint density at radius 2 is 2.21 bits per heavy atom. The van der Waals surface area contributed by atoms with Crippen LogP contribution in [0.1, 0.15) is 33.6 Å². The minimum atomic E-state index is -0.430. The smallest absolute Gasteiger partial charge is 0.407 e. The number of hydrogen-bond acceptors (Lipinski definition) is 3. The first-order valence-electron chi connectivity index (χ1n) is 4.90. The lowest BCUT2D eigenvalue weighted by molar-refractivity contribution is 0.129. The zero-order valence-electron chi connectivity index (χ0n) is 9.04. The van der Waals surface area contributed by atoms with Crippen molar-refractivity contribution < 1.29 is 9.53 Å². The van der Waals surface area contributed by atoms with E-state index in [1.165, 1.54) is 0 Å². The van der Waals surface area contributed by atoms with E-state index in [2.05, 4.69) is 5.32 Å². The number of ether oxygens (including phenoxy) is 1. The summed E-state index contributed by atoms with van der Waals surface area (Å²) in [5.41, 5.74) is 0. The molecule has 0 aliphatic rings. The van der Waals surface area contributed by atoms with Gasteiger partial charge in [-0.25, -0.2) is 4.79 Å². The third-order valence-electron chi connectivity index (χ3n) is 1.70. The van der Waals surface area contributed by atoms with Gasteiger partial charge in [0.05, 0.1) is 19.1 Å². The molecule has 1 unspecified atom stereocenters. The second-order valence-electron chi connectivity index (χ2n) is 3.60. The third kappa shape index (κ3) is 6.30. The molecule has 0 saturated heterocycles. The molecule has 0 radical (unpaired) electrons. The van der Waals surface area contributed by atoms with Gasteiger partial charge in [-0.1, -0.05) is 20.8 Å². The Labute approximate surface area is 85.2 Å². The molecule has 1 N–H and O–H groups in total. The molecule has 14 heavy (non-hydrogen) atoms. The van der Waals surface area contributed by atoms with Crippen molar-refractivity contribution in [3.63, 3.8) is 0 Å². The molecule has 4 heteroatoms. The first kappa shape index (κ1) is 12.8. The van der Waals surface area contributed by atoms with Crippen LogP contribution in [0, 0.1) is 17.2 Å². The maximum absolute atomic E-state index is 11.1. The molecular weight excluding hydrogens is 180 g/mol. The van der Waals surface area contributed by atoms with Crippen LogP contribution < -0.4 is 5.32 Å². The molecule has 0 rings (SSSR count). The summed E-state index contributed by atoms with van der Waals surface area (Å²) in [6.07, 6.45) is 0.637. The normalized spacial score (nSPS) is 11.9. The number of nitrogens with zero attached hydrogens (tertiary/aromatic N) is 1. The highest BCUT2D eigenvalue weighted by molar-refractivity contribution is 5.67. The first-order valence-corrected chi connectivity index (χ1v) is 4.90. The molecule has 0 bridgehead atoms. The average Bonchev–Trinajstić information content (AvgIpc) is 2.14. The Kier molecular flexibility index (Phi) is 6.55. The highest BCUT2D eigenvalue weighted by Crippen LogP contribution is 1.98. The van der Waals surface area contributed by atoms with Crippen molar-refractivity contribution in [3.05, 3.63) is 0 Å². The third-order valence-corrected chi connectivity index (χ3v) is 1.70. The lowest BCUT2D eigenvalue weighted by Gasteiger charge is -2.14. The predicted octanol–water partition coefficient (Wildman–Crippen LogP) is 2.06. The molecule has 0 spiro atoms. The van der Waals surface area contributed by atoms with Gasteiger partial charge in [-0.05, 0) is 12.3 Å². The van der Waals surface area contributed by atoms with Crippen LogP contribution in [-0.4, -0.2) is 18.7 Å². The molecule has 4 nitrogen and oxygen atoms in total. The fourth-order valence-corrected chi connectivity index (χ4v) is 0.858. The molecule has 1 amide bonds. The van der Waals surface area contributed by atoms with Crippen molar-refractivity contribution in [2.24, 2.45) is 5.92 Å². The van der Waals surface area contributed by atoms with E-state index in [4.69, 9.17) is 10.00 Å². The summed E-state index contributed by atoms with van der Waals surface area (Å²) in [4.78, 5) is 11.1. The van der Waals surface area contributed by atoms with Crippen molar-refractivity contribution in [2.75, 3.05) is 6.61 Å². The van der Waals surface area contributed by atoms with Crippen LogP contribution in [0.4, 0.5) is 4.79 Å². The van der Waals surface area contributed by atoms with E-state index in [9.17, 15) is 4.79 Å². The molecule has 0 aliphatic heterocycles. The molecule has 0 aliphatic carbocycles. The van der Waals surface area contributed by atoms with E-state index in [1.54, 1.807) is 0 Å². The molecule has 1 atom stereocenters. The number of carbonyl (C=O) groups excluding carboxylic acids is 1. The number of carbonyl (C=O) groups is 1. The standard InChI is InChI=1S/C10H18N2O2/c1-4-9(5-6-11)12-10(13)14-7-8(2)3/h8-9H,4-5,7H2,1-3H3,(H,12,13). The van der Waals surface area contributed by atoms with Gasteiger partial charge in [0.15, 0.2) is 0 Å². The van der Waals surface area contributed by atoms with Crippen molar-refractivity contribution >= 4 is 6.09 Å². The van der Waals surface area contributed by atoms with E-state index < -0.39 is 6.09 Å². The summed E-state index contributed by atoms with van der Waals surface area (Å²) in [5, 5.41) is 11.1. The van der Waals surface area contributed by atoms with Gasteiger partial charge in [0, 0.05) is 6.04 Å². The van der Waals surface area contributed by atoms with Crippen LogP contribution in [0.25, 0.3) is 0 Å². The van der Waals surface area contributed by atoms with E-state index in [0.29, 0.717) is 18.9 Å². The summed E-state index contributed by atoms with van der Waals surface area (Å²) in [5.74, 6) is 0.330. The first-order chi connectivity index (χ1) is 6.60. The number of nitrogens with one attached hydrogen (secondary N) is 1. The van der Waals surface area contributed by atoms with Gasteiger partial charge in [0.2, 0.25) is 0 Å². The molecule has 0 saturated carbocycles. The van der Waals surface area contributed by atoms with Gasteiger partial charge in [-0.15, -0.1) is 0 Å². The zero-order valence-corrected chi connectivity index (χ0v) is 9.04. The summed E-state index contributed by atoms with van der Waals surface area (Å²) in [6.45, 7) is 6.28. The lowest BCUT2D eigenvalue weighted by Crippen LogP contribution is -2.35. The average molecular weight is 198 g/mol. The number of rotatable bonds is 5. The summed E-state index contributed by atoms with van der Waals surface area (Å²) in [6, 6.07) is 1.92. The predicted molar refractivity (Wildman–Crippen MR) is 53.6 cm³/mol. The van der Waals surface area contributed by atoms with E-state index in [0.717, 1.165) is 6.42 Å². The Balaban J connectivity index is 3.74. The Hall–Kier alpha value is -1.24. The molecule has 0 aromatic rings. The van der Waals surface area contributed by atoms with E-state index >= 15 is 0 Å². The highest BCUT2D eigenvalue weighted by Gasteiger charge is 2.10. The molecular formula is C10H18N2O2. The Morgan fingerprint density at radius 1 is 1.57 bits per heavy atom. The fraction of sp³-hybridized carbons (Fsp3) is 0.800. The number of hydrogen-bond donors (Lipinski definition) is 1.